The molecule has 5 heteroatoms. The third-order valence-electron chi connectivity index (χ3n) is 6.55. The molecule has 3 nitrogen and oxygen atoms in total. The normalized spacial score (nSPS) is 22.7. The van der Waals surface area contributed by atoms with Gasteiger partial charge >= 0.3 is 0 Å². The van der Waals surface area contributed by atoms with Gasteiger partial charge in [0.1, 0.15) is 23.4 Å². The summed E-state index contributed by atoms with van der Waals surface area (Å²) in [6, 6.07) is 32.0. The molecule has 2 heterocycles. The zero-order valence-electron chi connectivity index (χ0n) is 17.5. The van der Waals surface area contributed by atoms with E-state index >= 15 is 0 Å². The summed E-state index contributed by atoms with van der Waals surface area (Å²) >= 11 is 0. The molecule has 0 aromatic heterocycles. The Morgan fingerprint density at radius 1 is 0.750 bits per heavy atom. The van der Waals surface area contributed by atoms with Crippen molar-refractivity contribution in [2.45, 2.75) is 6.16 Å². The molecule has 0 fully saturated rings. The van der Waals surface area contributed by atoms with Gasteiger partial charge in [0.2, 0.25) is 0 Å². The lowest BCUT2D eigenvalue weighted by atomic mass is 10.0. The summed E-state index contributed by atoms with van der Waals surface area (Å²) in [6.07, 6.45) is 1.39. The molecule has 4 aromatic carbocycles. The van der Waals surface area contributed by atoms with Crippen LogP contribution in [0.25, 0.3) is 22.3 Å². The van der Waals surface area contributed by atoms with Crippen molar-refractivity contribution in [2.24, 2.45) is 0 Å². The summed E-state index contributed by atoms with van der Waals surface area (Å²) in [5.41, 5.74) is 5.39. The number of fused-ring (bicyclic) bond motifs is 6. The van der Waals surface area contributed by atoms with E-state index in [4.69, 9.17) is 4.52 Å². The fraction of sp³-hybridized carbons (Fsp3) is 0.111. The van der Waals surface area contributed by atoms with Crippen molar-refractivity contribution in [3.63, 3.8) is 0 Å². The Hall–Kier alpha value is -2.70. The van der Waals surface area contributed by atoms with E-state index in [9.17, 15) is 9.46 Å². The van der Waals surface area contributed by atoms with Crippen LogP contribution >= 0.6 is 14.9 Å². The lowest BCUT2D eigenvalue weighted by molar-refractivity contribution is 0.492. The molecule has 158 valence electrons. The van der Waals surface area contributed by atoms with E-state index in [-0.39, 0.29) is 0 Å². The Bertz CT molecular complexity index is 1400. The lowest BCUT2D eigenvalue weighted by Crippen LogP contribution is -2.27. The molecule has 0 bridgehead atoms. The van der Waals surface area contributed by atoms with Crippen LogP contribution in [0.4, 0.5) is 0 Å². The second-order valence-corrected chi connectivity index (χ2v) is 14.0. The first kappa shape index (κ1) is 19.9. The van der Waals surface area contributed by atoms with Gasteiger partial charge in [0.05, 0.1) is 11.5 Å². The summed E-state index contributed by atoms with van der Waals surface area (Å²) < 4.78 is 20.4. The molecule has 32 heavy (non-hydrogen) atoms. The summed E-state index contributed by atoms with van der Waals surface area (Å²) in [4.78, 5) is 12.0. The van der Waals surface area contributed by atoms with Gasteiger partial charge in [-0.1, -0.05) is 78.9 Å². The molecular weight excluding hydrogens is 434 g/mol. The predicted molar refractivity (Wildman–Crippen MR) is 134 cm³/mol. The highest BCUT2D eigenvalue weighted by Crippen LogP contribution is 2.64. The van der Waals surface area contributed by atoms with Gasteiger partial charge in [0, 0.05) is 11.1 Å². The Morgan fingerprint density at radius 3 is 2.22 bits per heavy atom. The van der Waals surface area contributed by atoms with E-state index in [1.54, 1.807) is 0 Å². The van der Waals surface area contributed by atoms with Crippen molar-refractivity contribution in [1.29, 1.82) is 0 Å². The number of benzene rings is 4. The fourth-order valence-electron chi connectivity index (χ4n) is 4.99. The van der Waals surface area contributed by atoms with Gasteiger partial charge in [-0.25, -0.2) is 4.89 Å². The van der Waals surface area contributed by atoms with Crippen molar-refractivity contribution in [3.8, 4) is 28.0 Å². The summed E-state index contributed by atoms with van der Waals surface area (Å²) in [6.45, 7) is 0. The molecule has 0 amide bonds. The third-order valence-corrected chi connectivity index (χ3v) is 12.4. The number of hydrogen-bond acceptors (Lipinski definition) is 3. The SMILES string of the molecule is O=[P@]1(CC[P+]2(O)Cc3ccccc3-c3ccccc32)Oc2ccccc2-c2ccccc21. The largest absolute Gasteiger partial charge is 0.439 e. The number of rotatable bonds is 3. The van der Waals surface area contributed by atoms with Crippen LogP contribution in [0.15, 0.2) is 97.1 Å². The van der Waals surface area contributed by atoms with Crippen molar-refractivity contribution in [3.05, 3.63) is 103 Å². The molecule has 2 atom stereocenters. The fourth-order valence-corrected chi connectivity index (χ4v) is 11.6. The molecule has 0 aliphatic carbocycles. The molecule has 1 N–H and O–H groups in total. The first-order valence-corrected chi connectivity index (χ1v) is 14.8. The van der Waals surface area contributed by atoms with Crippen LogP contribution in [0.3, 0.4) is 0 Å². The molecule has 0 saturated carbocycles. The van der Waals surface area contributed by atoms with Crippen LogP contribution in [0, 0.1) is 0 Å². The molecule has 1 unspecified atom stereocenters. The van der Waals surface area contributed by atoms with Crippen molar-refractivity contribution >= 4 is 25.5 Å². The summed E-state index contributed by atoms with van der Waals surface area (Å²) in [5.74, 6) is 0.661. The van der Waals surface area contributed by atoms with E-state index < -0.39 is 14.9 Å². The Labute approximate surface area is 188 Å². The van der Waals surface area contributed by atoms with Gasteiger partial charge in [0.15, 0.2) is 7.49 Å². The minimum absolute atomic E-state index is 0.319. The highest BCUT2D eigenvalue weighted by Gasteiger charge is 2.48. The standard InChI is InChI=1S/C27H23O3P2/c28-31(19-20-9-1-2-10-21(20)23-12-4-7-15-26(23)31)17-18-32(29)27-16-8-5-13-24(27)22-11-3-6-14-25(22)30-32/h1-16,28H,17-19H2/q+1/t31?,32-/m1/s1. The van der Waals surface area contributed by atoms with Gasteiger partial charge in [-0.2, -0.15) is 0 Å². The van der Waals surface area contributed by atoms with Crippen LogP contribution in [-0.4, -0.2) is 17.2 Å². The smallest absolute Gasteiger partial charge is 0.281 e. The van der Waals surface area contributed by atoms with E-state index in [1.807, 2.05) is 78.9 Å². The van der Waals surface area contributed by atoms with E-state index in [1.165, 1.54) is 5.56 Å². The molecule has 0 radical (unpaired) electrons. The maximum atomic E-state index is 14.2. The van der Waals surface area contributed by atoms with Crippen LogP contribution in [0.2, 0.25) is 0 Å². The molecule has 0 saturated heterocycles. The zero-order valence-corrected chi connectivity index (χ0v) is 19.3. The molecule has 4 aromatic rings. The van der Waals surface area contributed by atoms with E-state index in [0.29, 0.717) is 24.2 Å². The first-order valence-electron chi connectivity index (χ1n) is 10.8. The maximum Gasteiger partial charge on any atom is 0.281 e. The van der Waals surface area contributed by atoms with Crippen LogP contribution in [-0.2, 0) is 10.7 Å². The average Bonchev–Trinajstić information content (AvgIpc) is 2.84. The Morgan fingerprint density at radius 2 is 1.38 bits per heavy atom. The van der Waals surface area contributed by atoms with Crippen LogP contribution in [0.5, 0.6) is 5.75 Å². The minimum atomic E-state index is -3.17. The van der Waals surface area contributed by atoms with Crippen LogP contribution < -0.4 is 15.1 Å². The van der Waals surface area contributed by atoms with Gasteiger partial charge in [0.25, 0.3) is 7.37 Å². The zero-order chi connectivity index (χ0) is 21.8. The predicted octanol–water partition coefficient (Wildman–Crippen LogP) is 6.08. The minimum Gasteiger partial charge on any atom is -0.439 e. The topological polar surface area (TPSA) is 46.5 Å². The number of hydrogen-bond donors (Lipinski definition) is 1. The van der Waals surface area contributed by atoms with Gasteiger partial charge in [-0.15, -0.1) is 0 Å². The second kappa shape index (κ2) is 7.42. The molecule has 6 rings (SSSR count). The molecule has 0 spiro atoms. The van der Waals surface area contributed by atoms with Crippen molar-refractivity contribution in [2.75, 3.05) is 12.3 Å². The van der Waals surface area contributed by atoms with Crippen molar-refractivity contribution in [1.82, 2.24) is 0 Å². The second-order valence-electron chi connectivity index (χ2n) is 8.48. The van der Waals surface area contributed by atoms with E-state index in [0.717, 1.165) is 32.9 Å². The van der Waals surface area contributed by atoms with Crippen molar-refractivity contribution < 1.29 is 14.0 Å². The van der Waals surface area contributed by atoms with E-state index in [2.05, 4.69) is 18.2 Å². The quantitative estimate of drug-likeness (QED) is 0.379. The average molecular weight is 457 g/mol. The Balaban J connectivity index is 1.39. The lowest BCUT2D eigenvalue weighted by Gasteiger charge is -2.32. The van der Waals surface area contributed by atoms with Gasteiger partial charge < -0.3 is 4.52 Å². The Kier molecular flexibility index (Phi) is 4.63. The third kappa shape index (κ3) is 3.08. The van der Waals surface area contributed by atoms with Gasteiger partial charge in [-0.05, 0) is 34.9 Å². The molecule has 2 aliphatic heterocycles. The summed E-state index contributed by atoms with van der Waals surface area (Å²) in [7, 11) is -5.72. The number of para-hydroxylation sites is 1. The first-order chi connectivity index (χ1) is 15.6. The molecule has 2 aliphatic rings. The van der Waals surface area contributed by atoms with Crippen LogP contribution in [0.1, 0.15) is 5.56 Å². The highest BCUT2D eigenvalue weighted by atomic mass is 31.2. The van der Waals surface area contributed by atoms with Gasteiger partial charge in [-0.3, -0.25) is 4.57 Å². The summed E-state index contributed by atoms with van der Waals surface area (Å²) in [5, 5.41) is 1.77. The molecular formula is C27H23O3P2+. The maximum absolute atomic E-state index is 14.2. The monoisotopic (exact) mass is 457 g/mol. The highest BCUT2D eigenvalue weighted by molar-refractivity contribution is 7.78.